The van der Waals surface area contributed by atoms with Crippen molar-refractivity contribution in [3.05, 3.63) is 83.4 Å². The van der Waals surface area contributed by atoms with Crippen molar-refractivity contribution < 1.29 is 17.9 Å². The molecule has 0 radical (unpaired) electrons. The molecule has 6 nitrogen and oxygen atoms in total. The highest BCUT2D eigenvalue weighted by atomic mass is 32.2. The fraction of sp³-hybridized carbons (Fsp3) is 0.240. The van der Waals surface area contributed by atoms with Gasteiger partial charge in [-0.15, -0.1) is 0 Å². The Balaban J connectivity index is 1.70. The van der Waals surface area contributed by atoms with Crippen LogP contribution in [0.4, 0.5) is 11.4 Å². The van der Waals surface area contributed by atoms with Crippen LogP contribution < -0.4 is 14.8 Å². The van der Waals surface area contributed by atoms with Gasteiger partial charge in [0, 0.05) is 5.69 Å². The summed E-state index contributed by atoms with van der Waals surface area (Å²) in [5.41, 5.74) is 3.70. The third-order valence-electron chi connectivity index (χ3n) is 5.18. The number of para-hydroxylation sites is 2. The number of anilines is 2. The SMILES string of the molecule is CCC(Oc1ccccc1C)C(=O)Nc1ccc(S(=O)(=O)Nc2c(C)cccc2C)cc1. The molecule has 7 heteroatoms. The summed E-state index contributed by atoms with van der Waals surface area (Å²) < 4.78 is 34.2. The second kappa shape index (κ2) is 9.87. The number of ether oxygens (including phenoxy) is 1. The number of hydrogen-bond donors (Lipinski definition) is 2. The van der Waals surface area contributed by atoms with Crippen molar-refractivity contribution in [1.29, 1.82) is 0 Å². The summed E-state index contributed by atoms with van der Waals surface area (Å²) in [4.78, 5) is 12.8. The van der Waals surface area contributed by atoms with Gasteiger partial charge in [-0.3, -0.25) is 9.52 Å². The van der Waals surface area contributed by atoms with Crippen molar-refractivity contribution in [2.45, 2.75) is 45.1 Å². The first kappa shape index (κ1) is 23.3. The fourth-order valence-corrected chi connectivity index (χ4v) is 4.48. The maximum atomic E-state index is 12.8. The number of nitrogens with one attached hydrogen (secondary N) is 2. The van der Waals surface area contributed by atoms with Crippen molar-refractivity contribution in [1.82, 2.24) is 0 Å². The molecule has 3 aromatic rings. The smallest absolute Gasteiger partial charge is 0.265 e. The zero-order valence-corrected chi connectivity index (χ0v) is 19.5. The molecular formula is C25H28N2O4S. The molecule has 1 atom stereocenters. The molecule has 0 saturated heterocycles. The van der Waals surface area contributed by atoms with E-state index < -0.39 is 16.1 Å². The van der Waals surface area contributed by atoms with Crippen LogP contribution in [-0.2, 0) is 14.8 Å². The molecule has 32 heavy (non-hydrogen) atoms. The molecule has 0 aliphatic heterocycles. The van der Waals surface area contributed by atoms with Crippen LogP contribution in [0.1, 0.15) is 30.0 Å². The lowest BCUT2D eigenvalue weighted by Gasteiger charge is -2.18. The second-order valence-electron chi connectivity index (χ2n) is 7.67. The van der Waals surface area contributed by atoms with Gasteiger partial charge < -0.3 is 10.1 Å². The molecule has 3 aromatic carbocycles. The summed E-state index contributed by atoms with van der Waals surface area (Å²) >= 11 is 0. The summed E-state index contributed by atoms with van der Waals surface area (Å²) in [6.45, 7) is 7.50. The van der Waals surface area contributed by atoms with Crippen LogP contribution in [0.15, 0.2) is 71.6 Å². The average Bonchev–Trinajstić information content (AvgIpc) is 2.76. The Morgan fingerprint density at radius 1 is 0.875 bits per heavy atom. The van der Waals surface area contributed by atoms with E-state index in [0.29, 0.717) is 23.5 Å². The minimum Gasteiger partial charge on any atom is -0.480 e. The third kappa shape index (κ3) is 5.48. The van der Waals surface area contributed by atoms with E-state index >= 15 is 0 Å². The minimum atomic E-state index is -3.76. The van der Waals surface area contributed by atoms with Crippen LogP contribution in [0.2, 0.25) is 0 Å². The first-order valence-electron chi connectivity index (χ1n) is 10.4. The van der Waals surface area contributed by atoms with Gasteiger partial charge in [-0.05, 0) is 74.2 Å². The van der Waals surface area contributed by atoms with E-state index in [-0.39, 0.29) is 10.8 Å². The monoisotopic (exact) mass is 452 g/mol. The number of sulfonamides is 1. The van der Waals surface area contributed by atoms with Gasteiger partial charge in [0.2, 0.25) is 0 Å². The van der Waals surface area contributed by atoms with Crippen molar-refractivity contribution in [2.75, 3.05) is 10.0 Å². The Kier molecular flexibility index (Phi) is 7.20. The first-order valence-corrected chi connectivity index (χ1v) is 11.9. The van der Waals surface area contributed by atoms with E-state index in [1.165, 1.54) is 12.1 Å². The molecule has 0 aromatic heterocycles. The Morgan fingerprint density at radius 2 is 1.47 bits per heavy atom. The zero-order valence-electron chi connectivity index (χ0n) is 18.7. The number of carbonyl (C=O) groups excluding carboxylic acids is 1. The van der Waals surface area contributed by atoms with Crippen molar-refractivity contribution in [2.24, 2.45) is 0 Å². The Labute approximate surface area is 189 Å². The highest BCUT2D eigenvalue weighted by Gasteiger charge is 2.20. The van der Waals surface area contributed by atoms with Crippen molar-refractivity contribution in [3.63, 3.8) is 0 Å². The van der Waals surface area contributed by atoms with Crippen molar-refractivity contribution in [3.8, 4) is 5.75 Å². The van der Waals surface area contributed by atoms with Crippen LogP contribution in [0.3, 0.4) is 0 Å². The van der Waals surface area contributed by atoms with Gasteiger partial charge in [0.05, 0.1) is 10.6 Å². The standard InChI is InChI=1S/C25H28N2O4S/c1-5-22(31-23-12-7-6-9-17(23)2)25(28)26-20-13-15-21(16-14-20)32(29,30)27-24-18(3)10-8-11-19(24)4/h6-16,22,27H,5H2,1-4H3,(H,26,28). The largest absolute Gasteiger partial charge is 0.480 e. The fourth-order valence-electron chi connectivity index (χ4n) is 3.27. The van der Waals surface area contributed by atoms with E-state index in [0.717, 1.165) is 16.7 Å². The Bertz CT molecular complexity index is 1180. The summed E-state index contributed by atoms with van der Waals surface area (Å²) in [7, 11) is -3.76. The first-order chi connectivity index (χ1) is 15.2. The summed E-state index contributed by atoms with van der Waals surface area (Å²) in [6.07, 6.45) is -0.169. The highest BCUT2D eigenvalue weighted by molar-refractivity contribution is 7.92. The molecule has 1 unspecified atom stereocenters. The third-order valence-corrected chi connectivity index (χ3v) is 6.54. The van der Waals surface area contributed by atoms with E-state index in [4.69, 9.17) is 4.74 Å². The summed E-state index contributed by atoms with van der Waals surface area (Å²) in [6, 6.07) is 19.2. The minimum absolute atomic E-state index is 0.112. The lowest BCUT2D eigenvalue weighted by atomic mass is 10.1. The van der Waals surface area contributed by atoms with Gasteiger partial charge in [-0.1, -0.05) is 43.3 Å². The Hall–Kier alpha value is -3.32. The van der Waals surface area contributed by atoms with Gasteiger partial charge in [-0.25, -0.2) is 8.42 Å². The maximum Gasteiger partial charge on any atom is 0.265 e. The van der Waals surface area contributed by atoms with Crippen LogP contribution in [0, 0.1) is 20.8 Å². The van der Waals surface area contributed by atoms with Gasteiger partial charge in [0.15, 0.2) is 6.10 Å². The molecule has 0 aliphatic rings. The summed E-state index contributed by atoms with van der Waals surface area (Å²) in [5.74, 6) is 0.369. The molecule has 3 rings (SSSR count). The van der Waals surface area contributed by atoms with Gasteiger partial charge in [-0.2, -0.15) is 0 Å². The quantitative estimate of drug-likeness (QED) is 0.491. The highest BCUT2D eigenvalue weighted by Crippen LogP contribution is 2.24. The second-order valence-corrected chi connectivity index (χ2v) is 9.35. The van der Waals surface area contributed by atoms with Crippen molar-refractivity contribution >= 4 is 27.3 Å². The lowest BCUT2D eigenvalue weighted by molar-refractivity contribution is -0.122. The molecule has 0 bridgehead atoms. The summed E-state index contributed by atoms with van der Waals surface area (Å²) in [5, 5.41) is 2.80. The number of aryl methyl sites for hydroxylation is 3. The van der Waals surface area contributed by atoms with Gasteiger partial charge in [0.25, 0.3) is 15.9 Å². The van der Waals surface area contributed by atoms with Crippen LogP contribution >= 0.6 is 0 Å². The zero-order chi connectivity index (χ0) is 23.3. The van der Waals surface area contributed by atoms with Gasteiger partial charge in [0.1, 0.15) is 5.75 Å². The molecular weight excluding hydrogens is 424 g/mol. The maximum absolute atomic E-state index is 12.8. The van der Waals surface area contributed by atoms with Crippen LogP contribution in [-0.4, -0.2) is 20.4 Å². The Morgan fingerprint density at radius 3 is 2.06 bits per heavy atom. The van der Waals surface area contributed by atoms with E-state index in [9.17, 15) is 13.2 Å². The number of rotatable bonds is 8. The molecule has 0 spiro atoms. The molecule has 0 fully saturated rings. The number of benzene rings is 3. The van der Waals surface area contributed by atoms with E-state index in [1.54, 1.807) is 12.1 Å². The number of carbonyl (C=O) groups is 1. The van der Waals surface area contributed by atoms with E-state index in [1.807, 2.05) is 70.2 Å². The van der Waals surface area contributed by atoms with Crippen LogP contribution in [0.5, 0.6) is 5.75 Å². The van der Waals surface area contributed by atoms with Gasteiger partial charge >= 0.3 is 0 Å². The predicted octanol–water partition coefficient (Wildman–Crippen LogP) is 5.21. The van der Waals surface area contributed by atoms with E-state index in [2.05, 4.69) is 10.0 Å². The topological polar surface area (TPSA) is 84.5 Å². The molecule has 0 saturated carbocycles. The molecule has 1 amide bonds. The number of amides is 1. The average molecular weight is 453 g/mol. The molecule has 168 valence electrons. The predicted molar refractivity (Wildman–Crippen MR) is 128 cm³/mol. The molecule has 0 heterocycles. The lowest BCUT2D eigenvalue weighted by Crippen LogP contribution is -2.32. The van der Waals surface area contributed by atoms with Crippen LogP contribution in [0.25, 0.3) is 0 Å². The molecule has 0 aliphatic carbocycles. The number of hydrogen-bond acceptors (Lipinski definition) is 4. The normalized spacial score (nSPS) is 12.1. The molecule has 2 N–H and O–H groups in total.